The van der Waals surface area contributed by atoms with E-state index in [1.807, 2.05) is 19.9 Å². The van der Waals surface area contributed by atoms with E-state index in [1.54, 1.807) is 13.0 Å². The van der Waals surface area contributed by atoms with Crippen molar-refractivity contribution in [1.82, 2.24) is 0 Å². The van der Waals surface area contributed by atoms with E-state index in [4.69, 9.17) is 19.3 Å². The second-order valence-corrected chi connectivity index (χ2v) is 12.7. The zero-order valence-electron chi connectivity index (χ0n) is 27.2. The van der Waals surface area contributed by atoms with Gasteiger partial charge in [0.25, 0.3) is 0 Å². The second-order valence-electron chi connectivity index (χ2n) is 12.7. The highest BCUT2D eigenvalue weighted by atomic mass is 16.7. The lowest BCUT2D eigenvalue weighted by Crippen LogP contribution is -2.62. The Bertz CT molecular complexity index is 1070. The van der Waals surface area contributed by atoms with Crippen molar-refractivity contribution < 1.29 is 65.0 Å². The van der Waals surface area contributed by atoms with Gasteiger partial charge in [-0.1, -0.05) is 29.4 Å². The third-order valence-corrected chi connectivity index (χ3v) is 8.80. The topological polar surface area (TPSA) is 227 Å². The van der Waals surface area contributed by atoms with Crippen LogP contribution in [-0.2, 0) is 19.0 Å². The molecular formula is C33H54O13. The Morgan fingerprint density at radius 2 is 1.43 bits per heavy atom. The number of carboxylic acids is 1. The van der Waals surface area contributed by atoms with Gasteiger partial charge in [-0.05, 0) is 72.3 Å². The minimum Gasteiger partial charge on any atom is -0.478 e. The summed E-state index contributed by atoms with van der Waals surface area (Å²) in [6.45, 7) is 9.78. The average Bonchev–Trinajstić information content (AvgIpc) is 3.00. The molecule has 0 amide bonds. The molecule has 0 aliphatic carbocycles. The van der Waals surface area contributed by atoms with Crippen molar-refractivity contribution in [3.63, 3.8) is 0 Å². The van der Waals surface area contributed by atoms with Crippen LogP contribution in [0.1, 0.15) is 66.2 Å². The highest BCUT2D eigenvalue weighted by Gasteiger charge is 2.51. The molecule has 9 N–H and O–H groups in total. The quantitative estimate of drug-likeness (QED) is 0.0766. The minimum absolute atomic E-state index is 0.0935. The number of aliphatic hydroxyl groups is 8. The second kappa shape index (κ2) is 18.5. The normalized spacial score (nSPS) is 35.0. The largest absolute Gasteiger partial charge is 0.478 e. The molecule has 264 valence electrons. The summed E-state index contributed by atoms with van der Waals surface area (Å²) in [7, 11) is 0. The summed E-state index contributed by atoms with van der Waals surface area (Å²) in [4.78, 5) is 10.9. The maximum atomic E-state index is 11.0. The number of rotatable bonds is 17. The van der Waals surface area contributed by atoms with E-state index in [9.17, 15) is 45.6 Å². The average molecular weight is 659 g/mol. The first-order chi connectivity index (χ1) is 21.6. The summed E-state index contributed by atoms with van der Waals surface area (Å²) in [5.74, 6) is -2.06. The lowest BCUT2D eigenvalue weighted by atomic mass is 9.83. The van der Waals surface area contributed by atoms with Gasteiger partial charge in [0.05, 0.1) is 37.1 Å². The maximum absolute atomic E-state index is 11.0. The Morgan fingerprint density at radius 1 is 0.870 bits per heavy atom. The smallest absolute Gasteiger partial charge is 0.331 e. The van der Waals surface area contributed by atoms with Crippen molar-refractivity contribution in [3.05, 3.63) is 47.6 Å². The predicted molar refractivity (Wildman–Crippen MR) is 167 cm³/mol. The maximum Gasteiger partial charge on any atom is 0.331 e. The van der Waals surface area contributed by atoms with E-state index in [0.29, 0.717) is 19.3 Å². The van der Waals surface area contributed by atoms with Crippen molar-refractivity contribution in [2.75, 3.05) is 13.2 Å². The molecule has 46 heavy (non-hydrogen) atoms. The molecule has 0 saturated carbocycles. The Morgan fingerprint density at radius 3 is 2.02 bits per heavy atom. The van der Waals surface area contributed by atoms with E-state index in [0.717, 1.165) is 24.0 Å². The van der Waals surface area contributed by atoms with Gasteiger partial charge in [0.1, 0.15) is 36.6 Å². The number of hydrogen-bond acceptors (Lipinski definition) is 12. The first-order valence-electron chi connectivity index (χ1n) is 15.7. The fourth-order valence-corrected chi connectivity index (χ4v) is 5.71. The van der Waals surface area contributed by atoms with Gasteiger partial charge >= 0.3 is 5.97 Å². The van der Waals surface area contributed by atoms with Crippen LogP contribution >= 0.6 is 0 Å². The number of allylic oxidation sites excluding steroid dienone is 3. The highest BCUT2D eigenvalue weighted by molar-refractivity contribution is 5.85. The van der Waals surface area contributed by atoms with Crippen LogP contribution in [-0.4, -0.2) is 132 Å². The molecule has 2 fully saturated rings. The van der Waals surface area contributed by atoms with Gasteiger partial charge in [0.2, 0.25) is 0 Å². The van der Waals surface area contributed by atoms with Crippen molar-refractivity contribution in [2.45, 2.75) is 133 Å². The molecule has 2 saturated heterocycles. The fraction of sp³-hybridized carbons (Fsp3) is 0.727. The first-order valence-corrected chi connectivity index (χ1v) is 15.7. The summed E-state index contributed by atoms with van der Waals surface area (Å²) < 4.78 is 17.8. The van der Waals surface area contributed by atoms with Crippen LogP contribution in [0.25, 0.3) is 0 Å². The third-order valence-electron chi connectivity index (χ3n) is 8.80. The molecule has 13 nitrogen and oxygen atoms in total. The minimum atomic E-state index is -1.61. The predicted octanol–water partition coefficient (Wildman–Crippen LogP) is 0.470. The van der Waals surface area contributed by atoms with Gasteiger partial charge < -0.3 is 60.2 Å². The SMILES string of the molecule is C=C[C@](C)(CC/C=C(\C)CC/C=C(\C)CC(O)/C=C(\C)C(=O)O)O[C@@H]1OC(CO)[C@H](O)[C@H](O)C1C[C@@H]1OC(CO)[C@H](O)[C@H](O)C1O. The summed E-state index contributed by atoms with van der Waals surface area (Å²) in [5, 5.41) is 90.9. The molecule has 0 spiro atoms. The van der Waals surface area contributed by atoms with Crippen LogP contribution in [0.2, 0.25) is 0 Å². The first kappa shape index (κ1) is 40.2. The van der Waals surface area contributed by atoms with E-state index in [1.165, 1.54) is 13.0 Å². The van der Waals surface area contributed by atoms with E-state index >= 15 is 0 Å². The van der Waals surface area contributed by atoms with Crippen LogP contribution in [0, 0.1) is 5.92 Å². The Hall–Kier alpha value is -2.01. The molecule has 2 aliphatic heterocycles. The van der Waals surface area contributed by atoms with Crippen molar-refractivity contribution in [3.8, 4) is 0 Å². The van der Waals surface area contributed by atoms with E-state index in [2.05, 4.69) is 12.7 Å². The van der Waals surface area contributed by atoms with Crippen molar-refractivity contribution >= 4 is 5.97 Å². The molecular weight excluding hydrogens is 604 g/mol. The molecule has 0 aromatic heterocycles. The molecule has 2 heterocycles. The highest BCUT2D eigenvalue weighted by Crippen LogP contribution is 2.37. The number of carboxylic acid groups (broad SMARTS) is 1. The molecule has 0 radical (unpaired) electrons. The Labute approximate surface area is 270 Å². The Kier molecular flexibility index (Phi) is 16.2. The molecule has 13 heteroatoms. The zero-order valence-corrected chi connectivity index (χ0v) is 27.2. The summed E-state index contributed by atoms with van der Waals surface area (Å²) in [6, 6.07) is 0. The molecule has 2 aliphatic rings. The lowest BCUT2D eigenvalue weighted by Gasteiger charge is -2.47. The van der Waals surface area contributed by atoms with Crippen LogP contribution in [0.3, 0.4) is 0 Å². The van der Waals surface area contributed by atoms with Crippen molar-refractivity contribution in [2.24, 2.45) is 5.92 Å². The fourth-order valence-electron chi connectivity index (χ4n) is 5.71. The van der Waals surface area contributed by atoms with E-state index in [-0.39, 0.29) is 12.0 Å². The van der Waals surface area contributed by atoms with Gasteiger partial charge in [-0.2, -0.15) is 0 Å². The number of ether oxygens (including phenoxy) is 3. The molecule has 12 atom stereocenters. The van der Waals surface area contributed by atoms with Crippen LogP contribution in [0.5, 0.6) is 0 Å². The monoisotopic (exact) mass is 658 g/mol. The number of hydrogen-bond donors (Lipinski definition) is 9. The Balaban J connectivity index is 2.06. The summed E-state index contributed by atoms with van der Waals surface area (Å²) >= 11 is 0. The van der Waals surface area contributed by atoms with Gasteiger partial charge in [0.15, 0.2) is 6.29 Å². The molecule has 2 rings (SSSR count). The van der Waals surface area contributed by atoms with Gasteiger partial charge in [0, 0.05) is 11.5 Å². The standard InChI is InChI=1S/C33H54O13/c1-6-33(5,12-8-11-18(2)9-7-10-19(3)13-21(36)14-20(4)31(42)43)46-32-22(26(37)28(39)25(17-35)45-32)15-23-27(38)30(41)29(40)24(16-34)44-23/h6,10-11,14,21-30,32,34-41H,1,7-9,12-13,15-17H2,2-5H3,(H,42,43)/b18-11+,19-10+,20-14+/t21?,22?,23-,24?,25?,26+,27?,28-,29-,30+,32-,33+/m0/s1. The lowest BCUT2D eigenvalue weighted by molar-refractivity contribution is -0.315. The van der Waals surface area contributed by atoms with Crippen molar-refractivity contribution in [1.29, 1.82) is 0 Å². The summed E-state index contributed by atoms with van der Waals surface area (Å²) in [6.07, 6.45) is -3.48. The van der Waals surface area contributed by atoms with Crippen LogP contribution in [0.4, 0.5) is 0 Å². The zero-order chi connectivity index (χ0) is 34.8. The summed E-state index contributed by atoms with van der Waals surface area (Å²) in [5.41, 5.74) is 1.18. The van der Waals surface area contributed by atoms with Gasteiger partial charge in [-0.25, -0.2) is 4.79 Å². The molecule has 0 aromatic carbocycles. The number of aliphatic hydroxyl groups excluding tert-OH is 8. The number of carbonyl (C=O) groups is 1. The van der Waals surface area contributed by atoms with Gasteiger partial charge in [-0.15, -0.1) is 6.58 Å². The molecule has 0 bridgehead atoms. The molecule has 5 unspecified atom stereocenters. The van der Waals surface area contributed by atoms with Crippen LogP contribution < -0.4 is 0 Å². The molecule has 0 aromatic rings. The van der Waals surface area contributed by atoms with E-state index < -0.39 is 91.9 Å². The van der Waals surface area contributed by atoms with Crippen LogP contribution in [0.15, 0.2) is 47.6 Å². The third kappa shape index (κ3) is 11.3. The number of aliphatic carboxylic acids is 1. The van der Waals surface area contributed by atoms with Gasteiger partial charge in [-0.3, -0.25) is 0 Å².